The van der Waals surface area contributed by atoms with Crippen LogP contribution in [0.15, 0.2) is 48.8 Å². The molecule has 1 aliphatic heterocycles. The second-order valence-electron chi connectivity index (χ2n) is 7.15. The first-order valence-electron chi connectivity index (χ1n) is 9.81. The van der Waals surface area contributed by atoms with Gasteiger partial charge in [0.05, 0.1) is 0 Å². The summed E-state index contributed by atoms with van der Waals surface area (Å²) < 4.78 is 0. The van der Waals surface area contributed by atoms with E-state index in [-0.39, 0.29) is 5.91 Å². The predicted molar refractivity (Wildman–Crippen MR) is 110 cm³/mol. The number of pyridine rings is 1. The molecule has 3 rings (SSSR count). The number of amides is 1. The maximum Gasteiger partial charge on any atom is 0.222 e. The molecule has 0 saturated carbocycles. The molecule has 1 aromatic heterocycles. The number of aromatic nitrogens is 1. The van der Waals surface area contributed by atoms with E-state index in [4.69, 9.17) is 11.6 Å². The zero-order valence-corrected chi connectivity index (χ0v) is 16.7. The first kappa shape index (κ1) is 19.8. The Hall–Kier alpha value is -1.91. The van der Waals surface area contributed by atoms with Crippen LogP contribution >= 0.6 is 11.6 Å². The number of nitrogens with zero attached hydrogens (tertiary/aromatic N) is 3. The number of likely N-dealkylation sites (N-methyl/N-ethyl adjacent to an activating group) is 1. The van der Waals surface area contributed by atoms with Crippen molar-refractivity contribution in [1.29, 1.82) is 0 Å². The van der Waals surface area contributed by atoms with Gasteiger partial charge in [0.15, 0.2) is 0 Å². The number of likely N-dealkylation sites (tertiary alicyclic amines) is 1. The van der Waals surface area contributed by atoms with E-state index in [1.54, 1.807) is 0 Å². The number of hydrogen-bond donors (Lipinski definition) is 0. The van der Waals surface area contributed by atoms with Crippen LogP contribution in [0.4, 0.5) is 0 Å². The highest BCUT2D eigenvalue weighted by Gasteiger charge is 2.27. The van der Waals surface area contributed by atoms with E-state index in [0.717, 1.165) is 49.6 Å². The lowest BCUT2D eigenvalue weighted by Gasteiger charge is -2.39. The normalized spacial score (nSPS) is 17.3. The molecule has 2 aromatic rings. The zero-order valence-electron chi connectivity index (χ0n) is 16.0. The van der Waals surface area contributed by atoms with E-state index in [2.05, 4.69) is 28.9 Å². The minimum atomic E-state index is 0.236. The summed E-state index contributed by atoms with van der Waals surface area (Å²) in [5, 5.41) is 0.747. The van der Waals surface area contributed by atoms with Crippen LogP contribution in [0.5, 0.6) is 0 Å². The predicted octanol–water partition coefficient (Wildman–Crippen LogP) is 4.18. The fraction of sp³-hybridized carbons (Fsp3) is 0.455. The quantitative estimate of drug-likeness (QED) is 0.717. The first-order chi connectivity index (χ1) is 13.2. The summed E-state index contributed by atoms with van der Waals surface area (Å²) in [6.45, 7) is 5.77. The number of rotatable bonds is 7. The largest absolute Gasteiger partial charge is 0.341 e. The monoisotopic (exact) mass is 385 g/mol. The van der Waals surface area contributed by atoms with Crippen molar-refractivity contribution in [3.8, 4) is 0 Å². The number of halogens is 1. The minimum absolute atomic E-state index is 0.236. The number of piperidine rings is 1. The molecular weight excluding hydrogens is 358 g/mol. The number of benzene rings is 1. The molecule has 4 nitrogen and oxygen atoms in total. The lowest BCUT2D eigenvalue weighted by Crippen LogP contribution is -2.49. The van der Waals surface area contributed by atoms with Crippen LogP contribution in [-0.4, -0.2) is 46.4 Å². The highest BCUT2D eigenvalue weighted by atomic mass is 35.5. The van der Waals surface area contributed by atoms with E-state index in [1.807, 2.05) is 41.6 Å². The van der Waals surface area contributed by atoms with Crippen LogP contribution in [0.2, 0.25) is 5.02 Å². The highest BCUT2D eigenvalue weighted by molar-refractivity contribution is 6.31. The van der Waals surface area contributed by atoms with Crippen molar-refractivity contribution in [3.05, 3.63) is 64.9 Å². The molecule has 1 aliphatic rings. The Bertz CT molecular complexity index is 737. The maximum atomic E-state index is 12.8. The molecule has 1 atom stereocenters. The van der Waals surface area contributed by atoms with Crippen LogP contribution in [-0.2, 0) is 17.8 Å². The number of aryl methyl sites for hydroxylation is 1. The third-order valence-corrected chi connectivity index (χ3v) is 5.74. The topological polar surface area (TPSA) is 36.4 Å². The first-order valence-corrected chi connectivity index (χ1v) is 10.2. The summed E-state index contributed by atoms with van der Waals surface area (Å²) in [6.07, 6.45) is 7.12. The Morgan fingerprint density at radius 2 is 2.04 bits per heavy atom. The smallest absolute Gasteiger partial charge is 0.222 e. The molecule has 0 bridgehead atoms. The Balaban J connectivity index is 1.56. The van der Waals surface area contributed by atoms with Gasteiger partial charge in [0.1, 0.15) is 0 Å². The lowest BCUT2D eigenvalue weighted by molar-refractivity contribution is -0.133. The van der Waals surface area contributed by atoms with Crippen LogP contribution in [0.25, 0.3) is 0 Å². The van der Waals surface area contributed by atoms with Crippen LogP contribution in [0.1, 0.15) is 37.3 Å². The molecule has 2 heterocycles. The molecule has 1 fully saturated rings. The second kappa shape index (κ2) is 9.86. The van der Waals surface area contributed by atoms with Crippen molar-refractivity contribution in [2.45, 2.75) is 45.2 Å². The Morgan fingerprint density at radius 1 is 1.26 bits per heavy atom. The summed E-state index contributed by atoms with van der Waals surface area (Å²) in [6, 6.07) is 12.3. The van der Waals surface area contributed by atoms with Gasteiger partial charge in [-0.3, -0.25) is 14.7 Å². The minimum Gasteiger partial charge on any atom is -0.341 e. The van der Waals surface area contributed by atoms with Gasteiger partial charge in [-0.2, -0.15) is 0 Å². The Morgan fingerprint density at radius 3 is 2.78 bits per heavy atom. The summed E-state index contributed by atoms with van der Waals surface area (Å²) in [5.41, 5.74) is 2.32. The fourth-order valence-corrected chi connectivity index (χ4v) is 4.03. The van der Waals surface area contributed by atoms with Gasteiger partial charge in [-0.05, 0) is 55.1 Å². The molecule has 1 saturated heterocycles. The van der Waals surface area contributed by atoms with Crippen molar-refractivity contribution in [3.63, 3.8) is 0 Å². The second-order valence-corrected chi connectivity index (χ2v) is 7.55. The highest BCUT2D eigenvalue weighted by Crippen LogP contribution is 2.21. The third-order valence-electron chi connectivity index (χ3n) is 5.37. The number of carbonyl (C=O) groups is 1. The number of hydrogen-bond acceptors (Lipinski definition) is 3. The molecular formula is C22H28ClN3O. The van der Waals surface area contributed by atoms with Crippen molar-refractivity contribution in [2.24, 2.45) is 0 Å². The van der Waals surface area contributed by atoms with Gasteiger partial charge in [-0.25, -0.2) is 0 Å². The molecule has 27 heavy (non-hydrogen) atoms. The van der Waals surface area contributed by atoms with Gasteiger partial charge < -0.3 is 4.90 Å². The summed E-state index contributed by atoms with van der Waals surface area (Å²) in [5.74, 6) is 0.236. The average molecular weight is 386 g/mol. The summed E-state index contributed by atoms with van der Waals surface area (Å²) in [4.78, 5) is 21.4. The molecule has 0 radical (unpaired) electrons. The van der Waals surface area contributed by atoms with Gasteiger partial charge in [-0.15, -0.1) is 0 Å². The molecule has 0 spiro atoms. The molecule has 5 heteroatoms. The summed E-state index contributed by atoms with van der Waals surface area (Å²) >= 11 is 6.22. The van der Waals surface area contributed by atoms with Crippen LogP contribution in [0.3, 0.4) is 0 Å². The van der Waals surface area contributed by atoms with Crippen molar-refractivity contribution < 1.29 is 4.79 Å². The van der Waals surface area contributed by atoms with E-state index >= 15 is 0 Å². The zero-order chi connectivity index (χ0) is 19.1. The SMILES string of the molecule is CCN(Cc1ccncc1)[C@@H]1CCCN(C(=O)CCc2ccccc2Cl)C1. The summed E-state index contributed by atoms with van der Waals surface area (Å²) in [7, 11) is 0. The third kappa shape index (κ3) is 5.53. The van der Waals surface area contributed by atoms with E-state index < -0.39 is 0 Å². The van der Waals surface area contributed by atoms with Crippen molar-refractivity contribution >= 4 is 17.5 Å². The van der Waals surface area contributed by atoms with Gasteiger partial charge in [-0.1, -0.05) is 36.7 Å². The van der Waals surface area contributed by atoms with Crippen molar-refractivity contribution in [2.75, 3.05) is 19.6 Å². The number of carbonyl (C=O) groups excluding carboxylic acids is 1. The van der Waals surface area contributed by atoms with Gasteiger partial charge in [0, 0.05) is 49.5 Å². The van der Waals surface area contributed by atoms with Gasteiger partial charge >= 0.3 is 0 Å². The van der Waals surface area contributed by atoms with E-state index in [1.165, 1.54) is 5.56 Å². The van der Waals surface area contributed by atoms with Crippen molar-refractivity contribution in [1.82, 2.24) is 14.8 Å². The van der Waals surface area contributed by atoms with E-state index in [9.17, 15) is 4.79 Å². The average Bonchev–Trinajstić information content (AvgIpc) is 2.72. The van der Waals surface area contributed by atoms with Gasteiger partial charge in [0.25, 0.3) is 0 Å². The maximum absolute atomic E-state index is 12.8. The van der Waals surface area contributed by atoms with Crippen LogP contribution < -0.4 is 0 Å². The Labute approximate surface area is 167 Å². The lowest BCUT2D eigenvalue weighted by atomic mass is 10.0. The molecule has 1 amide bonds. The standard InChI is InChI=1S/C22H28ClN3O/c1-2-25(16-18-11-13-24-14-12-18)20-7-5-15-26(17-20)22(27)10-9-19-6-3-4-8-21(19)23/h3-4,6,8,11-14,20H,2,5,7,9-10,15-17H2,1H3/t20-/m1/s1. The Kier molecular flexibility index (Phi) is 7.25. The molecule has 0 N–H and O–H groups in total. The van der Waals surface area contributed by atoms with E-state index in [0.29, 0.717) is 18.9 Å². The van der Waals surface area contributed by atoms with Gasteiger partial charge in [0.2, 0.25) is 5.91 Å². The molecule has 144 valence electrons. The van der Waals surface area contributed by atoms with Crippen LogP contribution in [0, 0.1) is 0 Å². The molecule has 0 aliphatic carbocycles. The molecule has 1 aromatic carbocycles. The molecule has 0 unspecified atom stereocenters. The fourth-order valence-electron chi connectivity index (χ4n) is 3.80.